The van der Waals surface area contributed by atoms with Crippen molar-refractivity contribution in [1.29, 1.82) is 5.26 Å². The highest BCUT2D eigenvalue weighted by Crippen LogP contribution is 2.30. The van der Waals surface area contributed by atoms with Crippen molar-refractivity contribution in [1.82, 2.24) is 14.4 Å². The van der Waals surface area contributed by atoms with Gasteiger partial charge in [-0.1, -0.05) is 0 Å². The Labute approximate surface area is 160 Å². The van der Waals surface area contributed by atoms with Gasteiger partial charge in [0.25, 0.3) is 0 Å². The van der Waals surface area contributed by atoms with Crippen molar-refractivity contribution in [3.05, 3.63) is 78.1 Å². The van der Waals surface area contributed by atoms with Crippen LogP contribution in [-0.4, -0.2) is 21.5 Å². The molecule has 138 valence electrons. The third-order valence-electron chi connectivity index (χ3n) is 4.20. The molecular weight excluding hydrogens is 359 g/mol. The Balaban J connectivity index is 1.60. The molecule has 0 amide bonds. The fraction of sp³-hybridized carbons (Fsp3) is 0.0952. The highest BCUT2D eigenvalue weighted by molar-refractivity contribution is 5.71. The number of nitriles is 1. The molecule has 0 radical (unpaired) electrons. The molecule has 0 saturated heterocycles. The van der Waals surface area contributed by atoms with Crippen molar-refractivity contribution in [2.75, 3.05) is 7.11 Å². The van der Waals surface area contributed by atoms with Crippen LogP contribution in [-0.2, 0) is 6.61 Å². The van der Waals surface area contributed by atoms with Crippen LogP contribution in [0.2, 0.25) is 0 Å². The summed E-state index contributed by atoms with van der Waals surface area (Å²) in [5, 5.41) is 9.05. The van der Waals surface area contributed by atoms with Gasteiger partial charge in [0.2, 0.25) is 5.78 Å². The van der Waals surface area contributed by atoms with Crippen molar-refractivity contribution in [3.8, 4) is 28.7 Å². The molecule has 0 bridgehead atoms. The molecule has 0 saturated carbocycles. The summed E-state index contributed by atoms with van der Waals surface area (Å²) in [5.41, 5.74) is 2.88. The number of aromatic nitrogens is 3. The lowest BCUT2D eigenvalue weighted by molar-refractivity contribution is 0.301. The number of fused-ring (bicyclic) bond motifs is 1. The molecule has 0 fully saturated rings. The van der Waals surface area contributed by atoms with E-state index in [2.05, 4.69) is 16.0 Å². The van der Waals surface area contributed by atoms with E-state index in [0.29, 0.717) is 28.5 Å². The molecule has 2 aromatic carbocycles. The Kier molecular flexibility index (Phi) is 4.60. The maximum Gasteiger partial charge on any atom is 0.234 e. The zero-order valence-electron chi connectivity index (χ0n) is 15.0. The van der Waals surface area contributed by atoms with E-state index in [4.69, 9.17) is 14.7 Å². The fourth-order valence-electron chi connectivity index (χ4n) is 2.83. The average Bonchev–Trinajstić information content (AvgIpc) is 3.15. The van der Waals surface area contributed by atoms with Crippen LogP contribution in [0.15, 0.2) is 61.1 Å². The van der Waals surface area contributed by atoms with Gasteiger partial charge in [-0.2, -0.15) is 5.26 Å². The number of hydrogen-bond acceptors (Lipinski definition) is 5. The molecule has 4 aromatic rings. The Bertz CT molecular complexity index is 1180. The third kappa shape index (κ3) is 3.48. The van der Waals surface area contributed by atoms with E-state index in [-0.39, 0.29) is 12.4 Å². The molecule has 7 heteroatoms. The van der Waals surface area contributed by atoms with Crippen LogP contribution in [0.3, 0.4) is 0 Å². The van der Waals surface area contributed by atoms with Crippen molar-refractivity contribution >= 4 is 5.78 Å². The van der Waals surface area contributed by atoms with E-state index in [1.807, 2.05) is 18.5 Å². The van der Waals surface area contributed by atoms with E-state index in [0.717, 1.165) is 11.1 Å². The number of ether oxygens (including phenoxy) is 2. The predicted molar refractivity (Wildman–Crippen MR) is 100 cm³/mol. The molecule has 0 aliphatic heterocycles. The summed E-state index contributed by atoms with van der Waals surface area (Å²) < 4.78 is 25.8. The van der Waals surface area contributed by atoms with E-state index in [1.54, 1.807) is 42.0 Å². The Morgan fingerprint density at radius 3 is 2.71 bits per heavy atom. The first kappa shape index (κ1) is 17.5. The van der Waals surface area contributed by atoms with Gasteiger partial charge in [0.05, 0.1) is 24.4 Å². The molecule has 0 N–H and O–H groups in total. The maximum atomic E-state index is 13.0. The molecule has 4 rings (SSSR count). The smallest absolute Gasteiger partial charge is 0.234 e. The van der Waals surface area contributed by atoms with Crippen LogP contribution >= 0.6 is 0 Å². The van der Waals surface area contributed by atoms with Crippen LogP contribution in [0.5, 0.6) is 11.5 Å². The monoisotopic (exact) mass is 374 g/mol. The Hall–Kier alpha value is -3.92. The molecule has 6 nitrogen and oxygen atoms in total. The van der Waals surface area contributed by atoms with Gasteiger partial charge in [0.15, 0.2) is 0 Å². The van der Waals surface area contributed by atoms with E-state index in [1.165, 1.54) is 12.1 Å². The summed E-state index contributed by atoms with van der Waals surface area (Å²) in [7, 11) is 1.56. The van der Waals surface area contributed by atoms with Gasteiger partial charge in [-0.3, -0.25) is 4.40 Å². The van der Waals surface area contributed by atoms with E-state index < -0.39 is 0 Å². The number of imidazole rings is 1. The molecule has 2 aromatic heterocycles. The van der Waals surface area contributed by atoms with Gasteiger partial charge in [0.1, 0.15) is 23.9 Å². The lowest BCUT2D eigenvalue weighted by atomic mass is 10.1. The zero-order valence-corrected chi connectivity index (χ0v) is 15.0. The van der Waals surface area contributed by atoms with Crippen molar-refractivity contribution in [2.45, 2.75) is 6.61 Å². The normalized spacial score (nSPS) is 10.6. The second-order valence-corrected chi connectivity index (χ2v) is 6.05. The quantitative estimate of drug-likeness (QED) is 0.528. The average molecular weight is 374 g/mol. The Morgan fingerprint density at radius 1 is 1.14 bits per heavy atom. The van der Waals surface area contributed by atoms with Crippen LogP contribution in [0.25, 0.3) is 16.9 Å². The number of benzene rings is 2. The topological polar surface area (TPSA) is 72.4 Å². The lowest BCUT2D eigenvalue weighted by Crippen LogP contribution is -1.95. The first-order valence-electron chi connectivity index (χ1n) is 8.47. The predicted octanol–water partition coefficient (Wildman–Crippen LogP) is 3.99. The minimum atomic E-state index is -0.310. The van der Waals surface area contributed by atoms with Crippen molar-refractivity contribution < 1.29 is 13.9 Å². The highest BCUT2D eigenvalue weighted by Gasteiger charge is 2.10. The van der Waals surface area contributed by atoms with E-state index in [9.17, 15) is 4.39 Å². The minimum absolute atomic E-state index is 0.241. The van der Waals surface area contributed by atoms with Crippen LogP contribution in [0.4, 0.5) is 4.39 Å². The van der Waals surface area contributed by atoms with Gasteiger partial charge >= 0.3 is 0 Å². The second-order valence-electron chi connectivity index (χ2n) is 6.05. The summed E-state index contributed by atoms with van der Waals surface area (Å²) in [6, 6.07) is 13.2. The van der Waals surface area contributed by atoms with Gasteiger partial charge in [0, 0.05) is 29.7 Å². The first-order valence-corrected chi connectivity index (χ1v) is 8.47. The summed E-state index contributed by atoms with van der Waals surface area (Å²) in [6.07, 6.45) is 5.42. The molecule has 0 aliphatic rings. The third-order valence-corrected chi connectivity index (χ3v) is 4.20. The largest absolute Gasteiger partial charge is 0.496 e. The molecule has 0 atom stereocenters. The SMILES string of the molecule is COc1cc(C#N)ccc1-c1cnc2nc(COc3ccc(F)cc3)cn2c1. The lowest BCUT2D eigenvalue weighted by Gasteiger charge is -2.08. The summed E-state index contributed by atoms with van der Waals surface area (Å²) in [4.78, 5) is 8.82. The minimum Gasteiger partial charge on any atom is -0.496 e. The number of rotatable bonds is 5. The van der Waals surface area contributed by atoms with Gasteiger partial charge in [-0.25, -0.2) is 14.4 Å². The number of halogens is 1. The Morgan fingerprint density at radius 2 is 1.96 bits per heavy atom. The highest BCUT2D eigenvalue weighted by atomic mass is 19.1. The maximum absolute atomic E-state index is 13.0. The first-order chi connectivity index (χ1) is 13.7. The number of nitrogens with zero attached hydrogens (tertiary/aromatic N) is 4. The molecule has 0 unspecified atom stereocenters. The molecule has 0 spiro atoms. The van der Waals surface area contributed by atoms with E-state index >= 15 is 0 Å². The van der Waals surface area contributed by atoms with Crippen LogP contribution < -0.4 is 9.47 Å². The summed E-state index contributed by atoms with van der Waals surface area (Å²) >= 11 is 0. The summed E-state index contributed by atoms with van der Waals surface area (Å²) in [5.74, 6) is 1.39. The van der Waals surface area contributed by atoms with Gasteiger partial charge in [-0.05, 0) is 42.5 Å². The molecule has 2 heterocycles. The van der Waals surface area contributed by atoms with Crippen LogP contribution in [0.1, 0.15) is 11.3 Å². The standard InChI is InChI=1S/C21H15FN4O2/c1-27-20-8-14(9-23)2-7-19(20)15-10-24-21-25-17(12-26(21)11-15)13-28-18-5-3-16(22)4-6-18/h2-8,10-12H,13H2,1H3. The van der Waals surface area contributed by atoms with Gasteiger partial charge in [-0.15, -0.1) is 0 Å². The van der Waals surface area contributed by atoms with Crippen LogP contribution in [0, 0.1) is 17.1 Å². The second kappa shape index (κ2) is 7.37. The number of hydrogen-bond donors (Lipinski definition) is 0. The number of methoxy groups -OCH3 is 1. The fourth-order valence-corrected chi connectivity index (χ4v) is 2.83. The molecule has 0 aliphatic carbocycles. The van der Waals surface area contributed by atoms with Gasteiger partial charge < -0.3 is 9.47 Å². The zero-order chi connectivity index (χ0) is 19.5. The van der Waals surface area contributed by atoms with Crippen molar-refractivity contribution in [2.24, 2.45) is 0 Å². The van der Waals surface area contributed by atoms with Crippen molar-refractivity contribution in [3.63, 3.8) is 0 Å². The summed E-state index contributed by atoms with van der Waals surface area (Å²) in [6.45, 7) is 0.241. The molecule has 28 heavy (non-hydrogen) atoms. The molecular formula is C21H15FN4O2.